The lowest BCUT2D eigenvalue weighted by molar-refractivity contribution is -0.150. The van der Waals surface area contributed by atoms with Gasteiger partial charge in [-0.1, -0.05) is 62.9 Å². The summed E-state index contributed by atoms with van der Waals surface area (Å²) in [7, 11) is 0. The van der Waals surface area contributed by atoms with Crippen molar-refractivity contribution in [1.29, 1.82) is 0 Å². The average molecular weight is 290 g/mol. The topological polar surface area (TPSA) is 38.8 Å². The van der Waals surface area contributed by atoms with E-state index in [9.17, 15) is 4.79 Å². The second-order valence-corrected chi connectivity index (χ2v) is 5.85. The van der Waals surface area contributed by atoms with E-state index in [-0.39, 0.29) is 12.1 Å². The van der Waals surface area contributed by atoms with Crippen molar-refractivity contribution in [3.8, 4) is 0 Å². The van der Waals surface area contributed by atoms with Gasteiger partial charge < -0.3 is 9.47 Å². The van der Waals surface area contributed by atoms with E-state index < -0.39 is 5.60 Å². The Kier molecular flexibility index (Phi) is 5.40. The maximum Gasteiger partial charge on any atom is 0.341 e. The minimum absolute atomic E-state index is 0.147. The van der Waals surface area contributed by atoms with Gasteiger partial charge in [0.2, 0.25) is 0 Å². The molecule has 0 saturated carbocycles. The maximum atomic E-state index is 12.3. The van der Waals surface area contributed by atoms with Gasteiger partial charge in [0.15, 0.2) is 5.60 Å². The lowest BCUT2D eigenvalue weighted by atomic mass is 9.96. The third-order valence-electron chi connectivity index (χ3n) is 4.18. The molecule has 0 radical (unpaired) electrons. The Morgan fingerprint density at radius 3 is 2.52 bits per heavy atom. The SMILES string of the molecule is CCCCCCOC(=O)C1(CC)OC1c1ccc(C)cc1. The molecule has 0 spiro atoms. The van der Waals surface area contributed by atoms with E-state index in [0.29, 0.717) is 13.0 Å². The van der Waals surface area contributed by atoms with Crippen LogP contribution in [0.4, 0.5) is 0 Å². The molecule has 1 fully saturated rings. The molecule has 0 aromatic heterocycles. The van der Waals surface area contributed by atoms with Gasteiger partial charge in [0.25, 0.3) is 0 Å². The molecular weight excluding hydrogens is 264 g/mol. The van der Waals surface area contributed by atoms with Gasteiger partial charge in [0.05, 0.1) is 6.61 Å². The van der Waals surface area contributed by atoms with Crippen LogP contribution in [0.25, 0.3) is 0 Å². The van der Waals surface area contributed by atoms with E-state index in [1.807, 2.05) is 31.2 Å². The molecule has 1 aromatic rings. The van der Waals surface area contributed by atoms with Crippen molar-refractivity contribution in [1.82, 2.24) is 0 Å². The van der Waals surface area contributed by atoms with Crippen LogP contribution < -0.4 is 0 Å². The van der Waals surface area contributed by atoms with Crippen molar-refractivity contribution < 1.29 is 14.3 Å². The average Bonchev–Trinajstić information content (AvgIpc) is 3.24. The normalized spacial score (nSPS) is 23.9. The molecule has 21 heavy (non-hydrogen) atoms. The van der Waals surface area contributed by atoms with Crippen molar-refractivity contribution in [3.63, 3.8) is 0 Å². The Morgan fingerprint density at radius 1 is 1.19 bits per heavy atom. The van der Waals surface area contributed by atoms with Crippen LogP contribution in [0.2, 0.25) is 0 Å². The molecule has 0 aliphatic carbocycles. The molecule has 2 atom stereocenters. The van der Waals surface area contributed by atoms with Crippen LogP contribution in [0.15, 0.2) is 24.3 Å². The molecule has 3 heteroatoms. The first-order valence-corrected chi connectivity index (χ1v) is 8.05. The lowest BCUT2D eigenvalue weighted by Crippen LogP contribution is -2.27. The van der Waals surface area contributed by atoms with Crippen LogP contribution in [0, 0.1) is 6.92 Å². The van der Waals surface area contributed by atoms with Crippen LogP contribution in [-0.2, 0) is 14.3 Å². The van der Waals surface area contributed by atoms with Gasteiger partial charge in [0, 0.05) is 0 Å². The highest BCUT2D eigenvalue weighted by atomic mass is 16.7. The highest BCUT2D eigenvalue weighted by Crippen LogP contribution is 2.52. The summed E-state index contributed by atoms with van der Waals surface area (Å²) in [6.45, 7) is 6.70. The predicted molar refractivity (Wildman–Crippen MR) is 83.1 cm³/mol. The molecule has 1 aromatic carbocycles. The molecule has 0 amide bonds. The minimum atomic E-state index is -0.750. The first-order chi connectivity index (χ1) is 10.1. The first-order valence-electron chi connectivity index (χ1n) is 8.05. The van der Waals surface area contributed by atoms with Crippen LogP contribution in [0.1, 0.15) is 63.2 Å². The summed E-state index contributed by atoms with van der Waals surface area (Å²) >= 11 is 0. The Morgan fingerprint density at radius 2 is 1.90 bits per heavy atom. The number of carbonyl (C=O) groups excluding carboxylic acids is 1. The van der Waals surface area contributed by atoms with Crippen molar-refractivity contribution in [3.05, 3.63) is 35.4 Å². The molecule has 2 rings (SSSR count). The molecule has 1 saturated heterocycles. The second-order valence-electron chi connectivity index (χ2n) is 5.85. The maximum absolute atomic E-state index is 12.3. The van der Waals surface area contributed by atoms with E-state index in [4.69, 9.17) is 9.47 Å². The van der Waals surface area contributed by atoms with E-state index in [2.05, 4.69) is 13.8 Å². The third kappa shape index (κ3) is 3.65. The second kappa shape index (κ2) is 7.08. The number of unbranched alkanes of at least 4 members (excludes halogenated alkanes) is 3. The van der Waals surface area contributed by atoms with Crippen LogP contribution in [0.5, 0.6) is 0 Å². The van der Waals surface area contributed by atoms with Crippen molar-refractivity contribution >= 4 is 5.97 Å². The van der Waals surface area contributed by atoms with Gasteiger partial charge >= 0.3 is 5.97 Å². The molecule has 1 aliphatic rings. The first kappa shape index (κ1) is 16.0. The fourth-order valence-corrected chi connectivity index (χ4v) is 2.64. The summed E-state index contributed by atoms with van der Waals surface area (Å²) in [5.74, 6) is -0.202. The quantitative estimate of drug-likeness (QED) is 0.406. The highest BCUT2D eigenvalue weighted by molar-refractivity contribution is 5.83. The van der Waals surface area contributed by atoms with Gasteiger partial charge in [-0.25, -0.2) is 4.79 Å². The summed E-state index contributed by atoms with van der Waals surface area (Å²) < 4.78 is 11.2. The van der Waals surface area contributed by atoms with Crippen molar-refractivity contribution in [2.75, 3.05) is 6.61 Å². The minimum Gasteiger partial charge on any atom is -0.463 e. The molecule has 0 N–H and O–H groups in total. The predicted octanol–water partition coefficient (Wildman–Crippen LogP) is 4.34. The standard InChI is InChI=1S/C18H26O3/c1-4-6-7-8-13-20-17(19)18(5-2)16(21-18)15-11-9-14(3)10-12-15/h9-12,16H,4-8,13H2,1-3H3. The zero-order valence-electron chi connectivity index (χ0n) is 13.4. The van der Waals surface area contributed by atoms with E-state index in [0.717, 1.165) is 18.4 Å². The molecule has 0 bridgehead atoms. The fraction of sp³-hybridized carbons (Fsp3) is 0.611. The third-order valence-corrected chi connectivity index (χ3v) is 4.18. The number of carbonyl (C=O) groups is 1. The summed E-state index contributed by atoms with van der Waals surface area (Å²) in [5.41, 5.74) is 1.52. The van der Waals surface area contributed by atoms with Gasteiger partial charge in [-0.2, -0.15) is 0 Å². The number of esters is 1. The number of hydrogen-bond donors (Lipinski definition) is 0. The number of ether oxygens (including phenoxy) is 2. The molecule has 1 aliphatic heterocycles. The smallest absolute Gasteiger partial charge is 0.341 e. The van der Waals surface area contributed by atoms with E-state index >= 15 is 0 Å². The monoisotopic (exact) mass is 290 g/mol. The van der Waals surface area contributed by atoms with Crippen LogP contribution >= 0.6 is 0 Å². The van der Waals surface area contributed by atoms with Crippen LogP contribution in [0.3, 0.4) is 0 Å². The van der Waals surface area contributed by atoms with E-state index in [1.54, 1.807) is 0 Å². The number of benzene rings is 1. The largest absolute Gasteiger partial charge is 0.463 e. The van der Waals surface area contributed by atoms with Crippen LogP contribution in [-0.4, -0.2) is 18.2 Å². The fourth-order valence-electron chi connectivity index (χ4n) is 2.64. The number of aryl methyl sites for hydroxylation is 1. The Balaban J connectivity index is 1.88. The Labute approximate surface area is 127 Å². The summed E-state index contributed by atoms with van der Waals surface area (Å²) in [4.78, 5) is 12.3. The number of epoxide rings is 1. The van der Waals surface area contributed by atoms with Gasteiger partial charge in [-0.15, -0.1) is 0 Å². The van der Waals surface area contributed by atoms with Gasteiger partial charge in [0.1, 0.15) is 6.10 Å². The molecule has 1 heterocycles. The zero-order chi connectivity index (χ0) is 15.3. The number of hydrogen-bond acceptors (Lipinski definition) is 3. The zero-order valence-corrected chi connectivity index (χ0v) is 13.4. The van der Waals surface area contributed by atoms with Gasteiger partial charge in [-0.3, -0.25) is 0 Å². The molecule has 116 valence electrons. The Hall–Kier alpha value is -1.35. The van der Waals surface area contributed by atoms with Gasteiger partial charge in [-0.05, 0) is 25.3 Å². The highest BCUT2D eigenvalue weighted by Gasteiger charge is 2.63. The summed E-state index contributed by atoms with van der Waals surface area (Å²) in [6, 6.07) is 8.17. The summed E-state index contributed by atoms with van der Waals surface area (Å²) in [5, 5.41) is 0. The molecular formula is C18H26O3. The Bertz CT molecular complexity index is 466. The van der Waals surface area contributed by atoms with Crippen molar-refractivity contribution in [2.45, 2.75) is 64.6 Å². The molecule has 3 nitrogen and oxygen atoms in total. The molecule has 2 unspecified atom stereocenters. The lowest BCUT2D eigenvalue weighted by Gasteiger charge is -2.10. The number of rotatable bonds is 8. The summed E-state index contributed by atoms with van der Waals surface area (Å²) in [6.07, 6.45) is 4.94. The van der Waals surface area contributed by atoms with Crippen molar-refractivity contribution in [2.24, 2.45) is 0 Å². The van der Waals surface area contributed by atoms with E-state index in [1.165, 1.54) is 18.4 Å².